The molecule has 0 bridgehead atoms. The Morgan fingerprint density at radius 3 is 2.94 bits per heavy atom. The van der Waals surface area contributed by atoms with Crippen LogP contribution in [-0.2, 0) is 6.54 Å². The highest BCUT2D eigenvalue weighted by Gasteiger charge is 2.20. The molecule has 1 aromatic heterocycles. The summed E-state index contributed by atoms with van der Waals surface area (Å²) < 4.78 is 29.2. The maximum absolute atomic E-state index is 12.1. The molecule has 0 atom stereocenters. The molecule has 6 heteroatoms. The molecule has 16 heavy (non-hydrogen) atoms. The van der Waals surface area contributed by atoms with Gasteiger partial charge in [-0.2, -0.15) is 8.78 Å². The molecular formula is C10H11F2IN2O. The van der Waals surface area contributed by atoms with E-state index in [1.807, 2.05) is 22.6 Å². The molecule has 1 aliphatic rings. The van der Waals surface area contributed by atoms with E-state index in [0.717, 1.165) is 5.69 Å². The minimum absolute atomic E-state index is 0.193. The van der Waals surface area contributed by atoms with Crippen molar-refractivity contribution in [3.63, 3.8) is 0 Å². The number of alkyl halides is 2. The van der Waals surface area contributed by atoms with Crippen LogP contribution in [0.25, 0.3) is 0 Å². The van der Waals surface area contributed by atoms with Gasteiger partial charge in [-0.05, 0) is 35.4 Å². The fourth-order valence-corrected chi connectivity index (χ4v) is 1.70. The molecule has 3 nitrogen and oxygen atoms in total. The van der Waals surface area contributed by atoms with Crippen LogP contribution >= 0.6 is 22.6 Å². The van der Waals surface area contributed by atoms with Crippen LogP contribution in [0.3, 0.4) is 0 Å². The van der Waals surface area contributed by atoms with Gasteiger partial charge in [0.1, 0.15) is 5.75 Å². The molecule has 0 radical (unpaired) electrons. The summed E-state index contributed by atoms with van der Waals surface area (Å²) in [6, 6.07) is 2.13. The minimum atomic E-state index is -2.79. The van der Waals surface area contributed by atoms with Crippen molar-refractivity contribution in [3.05, 3.63) is 21.5 Å². The normalized spacial score (nSPS) is 15.5. The standard InChI is InChI=1S/C10H11F2IN2O/c11-10(12)16-9-3-7(15-5-8(9)13)4-14-6-1-2-6/h3,5-6,10,14H,1-2,4H2. The molecule has 0 saturated heterocycles. The Morgan fingerprint density at radius 1 is 1.56 bits per heavy atom. The van der Waals surface area contributed by atoms with E-state index < -0.39 is 6.61 Å². The van der Waals surface area contributed by atoms with Gasteiger partial charge in [0.15, 0.2) is 0 Å². The summed E-state index contributed by atoms with van der Waals surface area (Å²) in [5.74, 6) is 0.193. The van der Waals surface area contributed by atoms with E-state index in [9.17, 15) is 8.78 Å². The van der Waals surface area contributed by atoms with Gasteiger partial charge >= 0.3 is 6.61 Å². The molecule has 1 aromatic rings. The molecule has 0 unspecified atom stereocenters. The van der Waals surface area contributed by atoms with E-state index in [-0.39, 0.29) is 5.75 Å². The van der Waals surface area contributed by atoms with Crippen LogP contribution < -0.4 is 10.1 Å². The van der Waals surface area contributed by atoms with Gasteiger partial charge < -0.3 is 10.1 Å². The van der Waals surface area contributed by atoms with Gasteiger partial charge in [0.05, 0.1) is 9.26 Å². The molecule has 1 saturated carbocycles. The first-order chi connectivity index (χ1) is 7.65. The third kappa shape index (κ3) is 3.51. The fraction of sp³-hybridized carbons (Fsp3) is 0.500. The Balaban J connectivity index is 2.01. The highest BCUT2D eigenvalue weighted by Crippen LogP contribution is 2.23. The smallest absolute Gasteiger partial charge is 0.387 e. The van der Waals surface area contributed by atoms with Crippen molar-refractivity contribution in [3.8, 4) is 5.75 Å². The topological polar surface area (TPSA) is 34.1 Å². The third-order valence-corrected chi connectivity index (χ3v) is 3.05. The predicted molar refractivity (Wildman–Crippen MR) is 63.4 cm³/mol. The van der Waals surface area contributed by atoms with Crippen molar-refractivity contribution >= 4 is 22.6 Å². The molecule has 1 fully saturated rings. The number of nitrogens with zero attached hydrogens (tertiary/aromatic N) is 1. The first-order valence-corrected chi connectivity index (χ1v) is 6.05. The van der Waals surface area contributed by atoms with Crippen molar-refractivity contribution in [2.45, 2.75) is 32.0 Å². The number of hydrogen-bond donors (Lipinski definition) is 1. The van der Waals surface area contributed by atoms with Gasteiger partial charge in [0.25, 0.3) is 0 Å². The van der Waals surface area contributed by atoms with Gasteiger partial charge in [-0.1, -0.05) is 0 Å². The first-order valence-electron chi connectivity index (χ1n) is 4.98. The van der Waals surface area contributed by atoms with Crippen LogP contribution in [0.2, 0.25) is 0 Å². The highest BCUT2D eigenvalue weighted by molar-refractivity contribution is 14.1. The second-order valence-electron chi connectivity index (χ2n) is 3.64. The lowest BCUT2D eigenvalue weighted by molar-refractivity contribution is -0.0505. The molecule has 0 amide bonds. The van der Waals surface area contributed by atoms with Crippen LogP contribution in [0.5, 0.6) is 5.75 Å². The summed E-state index contributed by atoms with van der Waals surface area (Å²) in [6.07, 6.45) is 3.91. The van der Waals surface area contributed by atoms with Crippen molar-refractivity contribution in [2.75, 3.05) is 0 Å². The van der Waals surface area contributed by atoms with Gasteiger partial charge in [-0.15, -0.1) is 0 Å². The van der Waals surface area contributed by atoms with Crippen molar-refractivity contribution in [1.29, 1.82) is 0 Å². The van der Waals surface area contributed by atoms with Crippen LogP contribution in [0.4, 0.5) is 8.78 Å². The lowest BCUT2D eigenvalue weighted by Gasteiger charge is -2.08. The number of halogens is 3. The summed E-state index contributed by atoms with van der Waals surface area (Å²) in [5.41, 5.74) is 0.725. The molecule has 2 rings (SSSR count). The monoisotopic (exact) mass is 340 g/mol. The van der Waals surface area contributed by atoms with Crippen molar-refractivity contribution < 1.29 is 13.5 Å². The van der Waals surface area contributed by atoms with Crippen LogP contribution in [0.15, 0.2) is 12.3 Å². The lowest BCUT2D eigenvalue weighted by Crippen LogP contribution is -2.16. The number of nitrogens with one attached hydrogen (secondary N) is 1. The first kappa shape index (κ1) is 12.0. The Morgan fingerprint density at radius 2 is 2.31 bits per heavy atom. The molecule has 88 valence electrons. The van der Waals surface area contributed by atoms with Crippen LogP contribution in [0.1, 0.15) is 18.5 Å². The fourth-order valence-electron chi connectivity index (χ4n) is 1.28. The van der Waals surface area contributed by atoms with Gasteiger partial charge in [-0.25, -0.2) is 0 Å². The minimum Gasteiger partial charge on any atom is -0.434 e. The Bertz CT molecular complexity index is 372. The Labute approximate surface area is 106 Å². The quantitative estimate of drug-likeness (QED) is 0.837. The van der Waals surface area contributed by atoms with Crippen LogP contribution in [0, 0.1) is 3.57 Å². The molecule has 0 aliphatic heterocycles. The van der Waals surface area contributed by atoms with E-state index in [2.05, 4.69) is 15.0 Å². The summed E-state index contributed by atoms with van der Waals surface area (Å²) >= 11 is 1.92. The summed E-state index contributed by atoms with van der Waals surface area (Å²) in [5, 5.41) is 3.26. The number of rotatable bonds is 5. The largest absolute Gasteiger partial charge is 0.434 e. The number of hydrogen-bond acceptors (Lipinski definition) is 3. The Kier molecular flexibility index (Phi) is 3.91. The maximum atomic E-state index is 12.1. The predicted octanol–water partition coefficient (Wildman–Crippen LogP) is 2.54. The zero-order chi connectivity index (χ0) is 11.5. The molecule has 1 aliphatic carbocycles. The number of ether oxygens (including phenoxy) is 1. The number of pyridine rings is 1. The van der Waals surface area contributed by atoms with Gasteiger partial charge in [-0.3, -0.25) is 4.98 Å². The van der Waals surface area contributed by atoms with E-state index in [0.29, 0.717) is 16.2 Å². The van der Waals surface area contributed by atoms with Crippen molar-refractivity contribution in [1.82, 2.24) is 10.3 Å². The lowest BCUT2D eigenvalue weighted by atomic mass is 10.3. The third-order valence-electron chi connectivity index (χ3n) is 2.24. The van der Waals surface area contributed by atoms with E-state index in [1.54, 1.807) is 12.3 Å². The highest BCUT2D eigenvalue weighted by atomic mass is 127. The average Bonchev–Trinajstić information content (AvgIpc) is 3.02. The summed E-state index contributed by atoms with van der Waals surface area (Å²) in [6.45, 7) is -2.19. The second kappa shape index (κ2) is 5.22. The molecule has 1 heterocycles. The number of aromatic nitrogens is 1. The van der Waals surface area contributed by atoms with E-state index >= 15 is 0 Å². The van der Waals surface area contributed by atoms with E-state index in [4.69, 9.17) is 0 Å². The second-order valence-corrected chi connectivity index (χ2v) is 4.80. The van der Waals surface area contributed by atoms with Crippen LogP contribution in [-0.4, -0.2) is 17.6 Å². The maximum Gasteiger partial charge on any atom is 0.387 e. The zero-order valence-electron chi connectivity index (χ0n) is 8.42. The van der Waals surface area contributed by atoms with E-state index in [1.165, 1.54) is 12.8 Å². The molecule has 0 spiro atoms. The Hall–Kier alpha value is -0.500. The SMILES string of the molecule is FC(F)Oc1cc(CNC2CC2)ncc1I. The van der Waals surface area contributed by atoms with Gasteiger partial charge in [0.2, 0.25) is 0 Å². The molecule has 1 N–H and O–H groups in total. The zero-order valence-corrected chi connectivity index (χ0v) is 10.6. The average molecular weight is 340 g/mol. The summed E-state index contributed by atoms with van der Waals surface area (Å²) in [4.78, 5) is 4.15. The molecular weight excluding hydrogens is 329 g/mol. The molecule has 0 aromatic carbocycles. The van der Waals surface area contributed by atoms with Gasteiger partial charge in [0, 0.05) is 24.8 Å². The van der Waals surface area contributed by atoms with Crippen molar-refractivity contribution in [2.24, 2.45) is 0 Å². The summed E-state index contributed by atoms with van der Waals surface area (Å²) in [7, 11) is 0.